The number of carbonyl (C=O) groups is 2. The predicted octanol–water partition coefficient (Wildman–Crippen LogP) is 1.36. The van der Waals surface area contributed by atoms with Crippen molar-refractivity contribution in [3.63, 3.8) is 0 Å². The molecule has 0 unspecified atom stereocenters. The van der Waals surface area contributed by atoms with Gasteiger partial charge in [-0.2, -0.15) is 0 Å². The molecular weight excluding hydrogens is 217 g/mol. The molecule has 1 rings (SSSR count). The van der Waals surface area contributed by atoms with E-state index in [0.29, 0.717) is 5.91 Å². The molecule has 0 spiro atoms. The van der Waals surface area contributed by atoms with Crippen molar-refractivity contribution >= 4 is 35.6 Å². The minimum Gasteiger partial charge on any atom is -0.483 e. The van der Waals surface area contributed by atoms with Gasteiger partial charge in [-0.05, 0) is 6.42 Å². The third kappa shape index (κ3) is 11.5. The normalized spacial score (nSPS) is 13.8. The number of carboxylic acid groups (broad SMARTS) is 1. The van der Waals surface area contributed by atoms with Gasteiger partial charge < -0.3 is 10.0 Å². The van der Waals surface area contributed by atoms with Gasteiger partial charge in [-0.25, -0.2) is 0 Å². The maximum absolute atomic E-state index is 10.5. The quantitative estimate of drug-likeness (QED) is 0.505. The summed E-state index contributed by atoms with van der Waals surface area (Å²) in [6, 6.07) is 0. The highest BCUT2D eigenvalue weighted by Gasteiger charge is 2.14. The topological polar surface area (TPSA) is 57.6 Å². The highest BCUT2D eigenvalue weighted by Crippen LogP contribution is 2.04. The van der Waals surface area contributed by atoms with Crippen molar-refractivity contribution in [1.29, 1.82) is 0 Å². The minimum absolute atomic E-state index is 0.194. The van der Waals surface area contributed by atoms with Gasteiger partial charge in [0.05, 0.1) is 5.34 Å². The molecular formula is C7H13Cl2NO3. The van der Waals surface area contributed by atoms with Crippen LogP contribution in [0.25, 0.3) is 0 Å². The van der Waals surface area contributed by atoms with E-state index in [1.54, 1.807) is 4.90 Å². The number of hydrogen-bond donors (Lipinski definition) is 1. The maximum atomic E-state index is 10.5. The largest absolute Gasteiger partial charge is 0.483 e. The van der Waals surface area contributed by atoms with Crippen LogP contribution in [0.4, 0.5) is 0 Å². The molecule has 0 radical (unpaired) electrons. The van der Waals surface area contributed by atoms with Crippen molar-refractivity contribution in [3.8, 4) is 0 Å². The van der Waals surface area contributed by atoms with Gasteiger partial charge in [0.2, 0.25) is 5.91 Å². The highest BCUT2D eigenvalue weighted by atomic mass is 35.5. The van der Waals surface area contributed by atoms with E-state index in [2.05, 4.69) is 0 Å². The van der Waals surface area contributed by atoms with Crippen LogP contribution in [-0.4, -0.2) is 41.3 Å². The van der Waals surface area contributed by atoms with Gasteiger partial charge in [0.15, 0.2) is 0 Å². The van der Waals surface area contributed by atoms with Crippen LogP contribution in [0, 0.1) is 0 Å². The average Bonchev–Trinajstić information content (AvgIpc) is 2.39. The number of hydrogen-bond acceptors (Lipinski definition) is 2. The molecule has 4 nitrogen and oxygen atoms in total. The van der Waals surface area contributed by atoms with Crippen LogP contribution in [0.15, 0.2) is 0 Å². The zero-order valence-electron chi connectivity index (χ0n) is 7.37. The van der Waals surface area contributed by atoms with E-state index >= 15 is 0 Å². The fraction of sp³-hybridized carbons (Fsp3) is 0.714. The number of carbonyl (C=O) groups excluding carboxylic acids is 1. The van der Waals surface area contributed by atoms with Crippen LogP contribution in [-0.2, 0) is 9.59 Å². The molecule has 0 saturated carbocycles. The Labute approximate surface area is 87.4 Å². The second-order valence-electron chi connectivity index (χ2n) is 2.13. The first kappa shape index (κ1) is 15.0. The number of alkyl halides is 2. The van der Waals surface area contributed by atoms with E-state index in [1.807, 2.05) is 7.05 Å². The van der Waals surface area contributed by atoms with Crippen molar-refractivity contribution in [3.05, 3.63) is 0 Å². The van der Waals surface area contributed by atoms with E-state index in [4.69, 9.17) is 33.1 Å². The molecule has 1 aliphatic heterocycles. The van der Waals surface area contributed by atoms with Crippen LogP contribution < -0.4 is 0 Å². The Morgan fingerprint density at radius 3 is 2.08 bits per heavy atom. The number of halogens is 2. The van der Waals surface area contributed by atoms with Crippen molar-refractivity contribution in [2.45, 2.75) is 12.8 Å². The molecule has 0 bridgehead atoms. The van der Waals surface area contributed by atoms with Crippen LogP contribution in [0.2, 0.25) is 0 Å². The Kier molecular flexibility index (Phi) is 13.3. The third-order valence-corrected chi connectivity index (χ3v) is 1.31. The average molecular weight is 230 g/mol. The summed E-state index contributed by atoms with van der Waals surface area (Å²) in [4.78, 5) is 20.6. The monoisotopic (exact) mass is 229 g/mol. The zero-order valence-corrected chi connectivity index (χ0v) is 8.88. The Balaban J connectivity index is 0. The number of likely N-dealkylation sites (tertiary alicyclic amines) is 1. The summed E-state index contributed by atoms with van der Waals surface area (Å²) < 4.78 is 0. The van der Waals surface area contributed by atoms with Crippen LogP contribution in [0.3, 0.4) is 0 Å². The summed E-state index contributed by atoms with van der Waals surface area (Å²) >= 11 is 9.53. The lowest BCUT2D eigenvalue weighted by Gasteiger charge is -2.03. The van der Waals surface area contributed by atoms with Gasteiger partial charge in [0.25, 0.3) is 6.47 Å². The molecule has 13 heavy (non-hydrogen) atoms. The summed E-state index contributed by atoms with van der Waals surface area (Å²) in [6.07, 6.45) is 1.81. The van der Waals surface area contributed by atoms with E-state index in [-0.39, 0.29) is 11.8 Å². The predicted molar refractivity (Wildman–Crippen MR) is 52.1 cm³/mol. The Hall–Kier alpha value is -0.480. The van der Waals surface area contributed by atoms with Gasteiger partial charge in [-0.3, -0.25) is 9.59 Å². The number of amides is 1. The van der Waals surface area contributed by atoms with Crippen LogP contribution in [0.1, 0.15) is 12.8 Å². The molecule has 1 saturated heterocycles. The molecule has 1 fully saturated rings. The summed E-state index contributed by atoms with van der Waals surface area (Å²) in [5.74, 6) is 0.292. The molecule has 0 aromatic heterocycles. The first-order valence-electron chi connectivity index (χ1n) is 3.57. The first-order valence-corrected chi connectivity index (χ1v) is 4.64. The minimum atomic E-state index is -0.250. The summed E-state index contributed by atoms with van der Waals surface area (Å²) in [5, 5.41) is 7.08. The fourth-order valence-corrected chi connectivity index (χ4v) is 0.783. The smallest absolute Gasteiger partial charge is 0.290 e. The zero-order chi connectivity index (χ0) is 10.7. The summed E-state index contributed by atoms with van der Waals surface area (Å²) in [6.45, 7) is 0.707. The van der Waals surface area contributed by atoms with E-state index in [1.165, 1.54) is 0 Å². The van der Waals surface area contributed by atoms with Gasteiger partial charge in [-0.1, -0.05) is 0 Å². The second-order valence-corrected chi connectivity index (χ2v) is 2.93. The van der Waals surface area contributed by atoms with E-state index < -0.39 is 0 Å². The summed E-state index contributed by atoms with van der Waals surface area (Å²) in [7, 11) is 1.84. The Bertz CT molecular complexity index is 144. The van der Waals surface area contributed by atoms with Gasteiger partial charge >= 0.3 is 0 Å². The van der Waals surface area contributed by atoms with Crippen LogP contribution in [0.5, 0.6) is 0 Å². The Morgan fingerprint density at radius 2 is 2.00 bits per heavy atom. The molecule has 0 aromatic carbocycles. The SMILES string of the molecule is CN1CCCC1=O.ClCCl.O=CO. The molecule has 0 aliphatic carbocycles. The molecule has 6 heteroatoms. The molecule has 1 aliphatic rings. The van der Waals surface area contributed by atoms with Crippen molar-refractivity contribution < 1.29 is 14.7 Å². The number of nitrogens with zero attached hydrogens (tertiary/aromatic N) is 1. The highest BCUT2D eigenvalue weighted by molar-refractivity contribution is 6.40. The van der Waals surface area contributed by atoms with Gasteiger partial charge in [0.1, 0.15) is 0 Å². The second kappa shape index (κ2) is 11.5. The third-order valence-electron chi connectivity index (χ3n) is 1.31. The van der Waals surface area contributed by atoms with E-state index in [9.17, 15) is 4.79 Å². The van der Waals surface area contributed by atoms with Gasteiger partial charge in [0, 0.05) is 20.0 Å². The molecule has 0 aromatic rings. The first-order chi connectivity index (χ1) is 6.13. The Morgan fingerprint density at radius 1 is 1.62 bits per heavy atom. The molecule has 78 valence electrons. The van der Waals surface area contributed by atoms with Crippen molar-refractivity contribution in [1.82, 2.24) is 4.90 Å². The van der Waals surface area contributed by atoms with Crippen molar-refractivity contribution in [2.75, 3.05) is 18.9 Å². The fourth-order valence-electron chi connectivity index (χ4n) is 0.783. The molecule has 1 heterocycles. The van der Waals surface area contributed by atoms with Crippen molar-refractivity contribution in [2.24, 2.45) is 0 Å². The maximum Gasteiger partial charge on any atom is 0.290 e. The van der Waals surface area contributed by atoms with E-state index in [0.717, 1.165) is 19.4 Å². The summed E-state index contributed by atoms with van der Waals surface area (Å²) in [5.41, 5.74) is 0. The standard InChI is InChI=1S/C5H9NO.CH2Cl2.CH2O2/c1-6-4-2-3-5(6)7;2*2-1-3/h2-4H2,1H3;1H2;1H,(H,2,3). The molecule has 1 N–H and O–H groups in total. The molecule has 0 atom stereocenters. The number of rotatable bonds is 0. The lowest BCUT2D eigenvalue weighted by Crippen LogP contribution is -2.17. The lowest BCUT2D eigenvalue weighted by atomic mass is 10.4. The lowest BCUT2D eigenvalue weighted by molar-refractivity contribution is -0.126. The van der Waals surface area contributed by atoms with Gasteiger partial charge in [-0.15, -0.1) is 23.2 Å². The van der Waals surface area contributed by atoms with Crippen LogP contribution >= 0.6 is 23.2 Å². The molecule has 1 amide bonds.